The van der Waals surface area contributed by atoms with Gasteiger partial charge in [-0.25, -0.2) is 4.57 Å². The molecule has 6 atom stereocenters. The van der Waals surface area contributed by atoms with Crippen LogP contribution in [0.15, 0.2) is 72.9 Å². The van der Waals surface area contributed by atoms with Gasteiger partial charge in [0.15, 0.2) is 6.10 Å². The summed E-state index contributed by atoms with van der Waals surface area (Å²) in [6.45, 7) is 3.09. The summed E-state index contributed by atoms with van der Waals surface area (Å²) < 4.78 is 33.4. The standard InChI is InChI=1S/C48H81O13P/c1-3-5-7-9-11-13-15-17-19-20-21-23-24-26-28-30-32-34-36-41(49)58-38-40(39-59-62(56,57)61-48-46(54)44(52)43(51)45(53)47(48)55)60-42(50)37-35-33-31-29-27-25-22-18-16-14-12-10-8-6-4-2/h6,8,12,14,18-20,22,27,29,33,35,40,43-48,51-55H,3-5,7,9-11,13,15-17,21,23-26,28,30-32,34,36-39H2,1-2H3,(H,56,57)/b8-6-,14-12-,20-19-,22-18-,29-27-,35-33-. The van der Waals surface area contributed by atoms with Crippen molar-refractivity contribution in [2.45, 2.75) is 204 Å². The van der Waals surface area contributed by atoms with E-state index in [1.807, 2.05) is 12.2 Å². The monoisotopic (exact) mass is 897 g/mol. The van der Waals surface area contributed by atoms with Gasteiger partial charge in [0.1, 0.15) is 43.2 Å². The highest BCUT2D eigenvalue weighted by molar-refractivity contribution is 7.47. The molecule has 13 nitrogen and oxygen atoms in total. The molecule has 0 aliphatic heterocycles. The summed E-state index contributed by atoms with van der Waals surface area (Å²) in [5.74, 6) is -1.26. The van der Waals surface area contributed by atoms with Crippen LogP contribution in [-0.4, -0.2) is 98.3 Å². The van der Waals surface area contributed by atoms with Crippen LogP contribution in [0.25, 0.3) is 0 Å². The topological polar surface area (TPSA) is 210 Å². The van der Waals surface area contributed by atoms with Crippen LogP contribution in [0.4, 0.5) is 0 Å². The number of hydrogen-bond donors (Lipinski definition) is 6. The number of phosphoric ester groups is 1. The molecule has 1 aliphatic rings. The third-order valence-electron chi connectivity index (χ3n) is 10.3. The van der Waals surface area contributed by atoms with E-state index < -0.39 is 75.7 Å². The van der Waals surface area contributed by atoms with E-state index in [0.29, 0.717) is 12.8 Å². The van der Waals surface area contributed by atoms with Gasteiger partial charge in [0.05, 0.1) is 13.0 Å². The number of aliphatic hydroxyl groups is 5. The number of unbranched alkanes of at least 4 members (excludes halogenated alkanes) is 14. The Labute approximate surface area is 372 Å². The van der Waals surface area contributed by atoms with Crippen molar-refractivity contribution in [3.8, 4) is 0 Å². The molecule has 0 bridgehead atoms. The number of aliphatic hydroxyl groups excluding tert-OH is 5. The van der Waals surface area contributed by atoms with Crippen LogP contribution in [0.1, 0.15) is 162 Å². The molecule has 1 fully saturated rings. The van der Waals surface area contributed by atoms with Gasteiger partial charge in [-0.15, -0.1) is 0 Å². The fourth-order valence-corrected chi connectivity index (χ4v) is 7.56. The Bertz CT molecular complexity index is 1360. The van der Waals surface area contributed by atoms with Crippen molar-refractivity contribution in [3.63, 3.8) is 0 Å². The number of carbonyl (C=O) groups is 2. The fourth-order valence-electron chi connectivity index (χ4n) is 6.59. The van der Waals surface area contributed by atoms with Crippen LogP contribution >= 0.6 is 7.82 Å². The highest BCUT2D eigenvalue weighted by atomic mass is 31.2. The minimum absolute atomic E-state index is 0.139. The van der Waals surface area contributed by atoms with E-state index in [1.54, 1.807) is 12.2 Å². The first-order chi connectivity index (χ1) is 29.9. The Morgan fingerprint density at radius 2 is 0.968 bits per heavy atom. The summed E-state index contributed by atoms with van der Waals surface area (Å²) in [5, 5.41) is 50.1. The maximum absolute atomic E-state index is 12.8. The van der Waals surface area contributed by atoms with Crippen molar-refractivity contribution in [3.05, 3.63) is 72.9 Å². The first-order valence-electron chi connectivity index (χ1n) is 23.2. The normalized spacial score (nSPS) is 22.5. The van der Waals surface area contributed by atoms with E-state index in [9.17, 15) is 44.6 Å². The van der Waals surface area contributed by atoms with Crippen LogP contribution < -0.4 is 0 Å². The summed E-state index contributed by atoms with van der Waals surface area (Å²) in [5.41, 5.74) is 0. The molecular formula is C48H81O13P. The van der Waals surface area contributed by atoms with Crippen LogP contribution in [0.3, 0.4) is 0 Å². The quantitative estimate of drug-likeness (QED) is 0.0149. The van der Waals surface area contributed by atoms with E-state index in [-0.39, 0.29) is 12.8 Å². The highest BCUT2D eigenvalue weighted by Crippen LogP contribution is 2.47. The molecule has 62 heavy (non-hydrogen) atoms. The Morgan fingerprint density at radius 1 is 0.532 bits per heavy atom. The molecule has 6 N–H and O–H groups in total. The molecule has 1 aliphatic carbocycles. The Morgan fingerprint density at radius 3 is 1.47 bits per heavy atom. The molecule has 0 aromatic heterocycles. The molecule has 0 spiro atoms. The largest absolute Gasteiger partial charge is 0.472 e. The molecule has 0 radical (unpaired) electrons. The lowest BCUT2D eigenvalue weighted by atomic mass is 9.85. The van der Waals surface area contributed by atoms with E-state index in [4.69, 9.17) is 18.5 Å². The zero-order valence-corrected chi connectivity index (χ0v) is 38.5. The van der Waals surface area contributed by atoms with Gasteiger partial charge in [-0.05, 0) is 64.2 Å². The number of esters is 2. The zero-order valence-electron chi connectivity index (χ0n) is 37.6. The molecule has 1 saturated carbocycles. The minimum atomic E-state index is -5.15. The third-order valence-corrected chi connectivity index (χ3v) is 11.3. The van der Waals surface area contributed by atoms with Gasteiger partial charge in [-0.2, -0.15) is 0 Å². The van der Waals surface area contributed by atoms with Gasteiger partial charge in [-0.1, -0.05) is 157 Å². The van der Waals surface area contributed by atoms with Gasteiger partial charge >= 0.3 is 19.8 Å². The van der Waals surface area contributed by atoms with E-state index >= 15 is 0 Å². The Hall–Kier alpha value is -2.71. The van der Waals surface area contributed by atoms with Crippen LogP contribution in [0.5, 0.6) is 0 Å². The Balaban J connectivity index is 2.51. The second-order valence-electron chi connectivity index (χ2n) is 15.9. The lowest BCUT2D eigenvalue weighted by Gasteiger charge is -2.41. The maximum Gasteiger partial charge on any atom is 0.472 e. The lowest BCUT2D eigenvalue weighted by Crippen LogP contribution is -2.64. The first kappa shape index (κ1) is 57.3. The molecule has 0 saturated heterocycles. The van der Waals surface area contributed by atoms with Crippen LogP contribution in [0, 0.1) is 0 Å². The number of carbonyl (C=O) groups excluding carboxylic acids is 2. The zero-order chi connectivity index (χ0) is 45.7. The number of ether oxygens (including phenoxy) is 2. The second-order valence-corrected chi connectivity index (χ2v) is 17.3. The van der Waals surface area contributed by atoms with Gasteiger partial charge in [-0.3, -0.25) is 18.6 Å². The summed E-state index contributed by atoms with van der Waals surface area (Å²) >= 11 is 0. The molecule has 6 unspecified atom stereocenters. The SMILES string of the molecule is CC/C=C\C/C=C\C/C=C\C/C=C\C/C=C\CC(=O)OC(COC(=O)CCCCCCCCC/C=C\CCCCCCCCC)COP(=O)(O)OC1C(O)C(O)C(O)C(O)C1O. The molecule has 356 valence electrons. The van der Waals surface area contributed by atoms with Gasteiger partial charge < -0.3 is 39.9 Å². The summed E-state index contributed by atoms with van der Waals surface area (Å²) in [6.07, 6.45) is 34.2. The predicted octanol–water partition coefficient (Wildman–Crippen LogP) is 9.11. The van der Waals surface area contributed by atoms with Crippen LogP contribution in [-0.2, 0) is 32.7 Å². The summed E-state index contributed by atoms with van der Waals surface area (Å²) in [6, 6.07) is 0. The van der Waals surface area contributed by atoms with Gasteiger partial charge in [0.2, 0.25) is 0 Å². The molecule has 0 heterocycles. The fraction of sp³-hybridized carbons (Fsp3) is 0.708. The summed E-state index contributed by atoms with van der Waals surface area (Å²) in [7, 11) is -5.15. The molecule has 1 rings (SSSR count). The third kappa shape index (κ3) is 29.6. The summed E-state index contributed by atoms with van der Waals surface area (Å²) in [4.78, 5) is 35.6. The average molecular weight is 897 g/mol. The van der Waals surface area contributed by atoms with Crippen molar-refractivity contribution in [2.75, 3.05) is 13.2 Å². The first-order valence-corrected chi connectivity index (χ1v) is 24.7. The van der Waals surface area contributed by atoms with Crippen molar-refractivity contribution in [2.24, 2.45) is 0 Å². The van der Waals surface area contributed by atoms with E-state index in [0.717, 1.165) is 57.8 Å². The van der Waals surface area contributed by atoms with Crippen molar-refractivity contribution >= 4 is 19.8 Å². The van der Waals surface area contributed by atoms with Crippen molar-refractivity contribution < 1.29 is 63.1 Å². The predicted molar refractivity (Wildman–Crippen MR) is 244 cm³/mol. The molecule has 14 heteroatoms. The van der Waals surface area contributed by atoms with Crippen LogP contribution in [0.2, 0.25) is 0 Å². The number of rotatable bonds is 37. The molecule has 0 aromatic carbocycles. The number of allylic oxidation sites excluding steroid dienone is 11. The lowest BCUT2D eigenvalue weighted by molar-refractivity contribution is -0.220. The molecular weight excluding hydrogens is 815 g/mol. The molecule has 0 aromatic rings. The average Bonchev–Trinajstić information content (AvgIpc) is 3.25. The number of phosphoric acid groups is 1. The second kappa shape index (κ2) is 37.6. The van der Waals surface area contributed by atoms with Gasteiger partial charge in [0, 0.05) is 6.42 Å². The van der Waals surface area contributed by atoms with Crippen molar-refractivity contribution in [1.29, 1.82) is 0 Å². The minimum Gasteiger partial charge on any atom is -0.462 e. The van der Waals surface area contributed by atoms with E-state index in [1.165, 1.54) is 64.2 Å². The van der Waals surface area contributed by atoms with Gasteiger partial charge in [0.25, 0.3) is 0 Å². The van der Waals surface area contributed by atoms with E-state index in [2.05, 4.69) is 62.5 Å². The Kier molecular flexibility index (Phi) is 34.8. The van der Waals surface area contributed by atoms with Crippen molar-refractivity contribution in [1.82, 2.24) is 0 Å². The highest BCUT2D eigenvalue weighted by Gasteiger charge is 2.51. The number of hydrogen-bond acceptors (Lipinski definition) is 12. The molecule has 0 amide bonds. The smallest absolute Gasteiger partial charge is 0.462 e. The maximum atomic E-state index is 12.8.